The van der Waals surface area contributed by atoms with Crippen molar-refractivity contribution >= 4 is 11.6 Å². The van der Waals surface area contributed by atoms with Gasteiger partial charge < -0.3 is 14.4 Å². The average molecular weight is 374 g/mol. The second-order valence-corrected chi connectivity index (χ2v) is 7.14. The smallest absolute Gasteiger partial charge is 0.237 e. The van der Waals surface area contributed by atoms with E-state index in [4.69, 9.17) is 9.47 Å². The zero-order valence-corrected chi connectivity index (χ0v) is 18.1. The van der Waals surface area contributed by atoms with E-state index in [0.717, 1.165) is 17.0 Å². The number of hydrogen-bond donors (Lipinski definition) is 0. The Labute approximate surface area is 164 Å². The van der Waals surface area contributed by atoms with Crippen molar-refractivity contribution in [1.29, 1.82) is 0 Å². The third-order valence-electron chi connectivity index (χ3n) is 4.94. The van der Waals surface area contributed by atoms with Gasteiger partial charge in [-0.25, -0.2) is 0 Å². The molecule has 0 aromatic heterocycles. The van der Waals surface area contributed by atoms with Gasteiger partial charge >= 0.3 is 0 Å². The summed E-state index contributed by atoms with van der Waals surface area (Å²) in [6.07, 6.45) is 3.93. The highest BCUT2D eigenvalue weighted by Crippen LogP contribution is 2.39. The summed E-state index contributed by atoms with van der Waals surface area (Å²) in [6.45, 7) is 13.3. The number of methoxy groups -OCH3 is 2. The molecule has 0 radical (unpaired) electrons. The zero-order valence-electron chi connectivity index (χ0n) is 18.1. The molecule has 1 fully saturated rings. The van der Waals surface area contributed by atoms with Crippen LogP contribution in [0.4, 0.5) is 5.69 Å². The van der Waals surface area contributed by atoms with Gasteiger partial charge in [0.15, 0.2) is 0 Å². The molecule has 1 aromatic rings. The van der Waals surface area contributed by atoms with E-state index in [-0.39, 0.29) is 5.91 Å². The van der Waals surface area contributed by atoms with Crippen molar-refractivity contribution in [2.75, 3.05) is 32.3 Å². The van der Waals surface area contributed by atoms with Crippen LogP contribution < -0.4 is 4.90 Å². The van der Waals surface area contributed by atoms with Gasteiger partial charge in [-0.2, -0.15) is 0 Å². The van der Waals surface area contributed by atoms with Crippen molar-refractivity contribution in [3.8, 4) is 0 Å². The lowest BCUT2D eigenvalue weighted by Gasteiger charge is -2.20. The Kier molecular flexibility index (Phi) is 8.77. The maximum Gasteiger partial charge on any atom is 0.237 e. The number of ether oxygens (including phenoxy) is 2. The van der Waals surface area contributed by atoms with Crippen LogP contribution >= 0.6 is 0 Å². The lowest BCUT2D eigenvalue weighted by atomic mass is 9.86. The fourth-order valence-electron chi connectivity index (χ4n) is 3.00. The average Bonchev–Trinajstić information content (AvgIpc) is 2.91. The maximum atomic E-state index is 12.9. The molecule has 1 saturated heterocycles. The number of carbonyl (C=O) groups excluding carboxylic acids is 1. The number of rotatable bonds is 6. The van der Waals surface area contributed by atoms with Crippen molar-refractivity contribution in [3.63, 3.8) is 0 Å². The molecule has 150 valence electrons. The van der Waals surface area contributed by atoms with Gasteiger partial charge in [0, 0.05) is 25.3 Å². The van der Waals surface area contributed by atoms with Crippen LogP contribution in [0.1, 0.15) is 53.0 Å². The number of benzene rings is 1. The van der Waals surface area contributed by atoms with Gasteiger partial charge in [-0.3, -0.25) is 4.79 Å². The molecule has 0 saturated carbocycles. The summed E-state index contributed by atoms with van der Waals surface area (Å²) in [6, 6.07) is 8.20. The molecular weight excluding hydrogens is 338 g/mol. The predicted octanol–water partition coefficient (Wildman–Crippen LogP) is 5.31. The predicted molar refractivity (Wildman–Crippen MR) is 113 cm³/mol. The Bertz CT molecular complexity index is 671. The van der Waals surface area contributed by atoms with E-state index in [9.17, 15) is 4.79 Å². The normalized spacial score (nSPS) is 19.0. The largest absolute Gasteiger partial charge is 0.501 e. The van der Waals surface area contributed by atoms with Crippen molar-refractivity contribution < 1.29 is 14.3 Å². The molecule has 27 heavy (non-hydrogen) atoms. The van der Waals surface area contributed by atoms with Crippen LogP contribution in [-0.2, 0) is 14.3 Å². The summed E-state index contributed by atoms with van der Waals surface area (Å²) in [5.41, 5.74) is 2.73. The van der Waals surface area contributed by atoms with E-state index >= 15 is 0 Å². The third kappa shape index (κ3) is 5.46. The fourth-order valence-corrected chi connectivity index (χ4v) is 3.00. The maximum absolute atomic E-state index is 12.9. The lowest BCUT2D eigenvalue weighted by Crippen LogP contribution is -2.30. The minimum absolute atomic E-state index is 0.125. The number of allylic oxidation sites excluding steroid dienone is 3. The number of amides is 1. The topological polar surface area (TPSA) is 38.8 Å². The molecule has 0 bridgehead atoms. The SMILES string of the molecule is CC.COCC(C)c1ccc(N2C/C(=C/C=C(\C)OC)C(C)(C)C2=O)cc1. The van der Waals surface area contributed by atoms with Crippen molar-refractivity contribution in [1.82, 2.24) is 0 Å². The highest BCUT2D eigenvalue weighted by atomic mass is 16.5. The van der Waals surface area contributed by atoms with Crippen molar-refractivity contribution in [2.45, 2.75) is 47.5 Å². The van der Waals surface area contributed by atoms with Crippen LogP contribution in [0, 0.1) is 5.41 Å². The van der Waals surface area contributed by atoms with Crippen LogP contribution in [0.25, 0.3) is 0 Å². The molecule has 1 atom stereocenters. The van der Waals surface area contributed by atoms with Gasteiger partial charge in [0.1, 0.15) is 0 Å². The molecule has 0 N–H and O–H groups in total. The first-order valence-electron chi connectivity index (χ1n) is 9.64. The summed E-state index contributed by atoms with van der Waals surface area (Å²) >= 11 is 0. The molecule has 1 heterocycles. The van der Waals surface area contributed by atoms with E-state index in [0.29, 0.717) is 19.1 Å². The van der Waals surface area contributed by atoms with E-state index < -0.39 is 5.41 Å². The number of nitrogens with zero attached hydrogens (tertiary/aromatic N) is 1. The highest BCUT2D eigenvalue weighted by molar-refractivity contribution is 6.03. The summed E-state index contributed by atoms with van der Waals surface area (Å²) < 4.78 is 10.4. The summed E-state index contributed by atoms with van der Waals surface area (Å²) in [5.74, 6) is 1.29. The molecule has 0 spiro atoms. The van der Waals surface area contributed by atoms with Crippen LogP contribution in [0.5, 0.6) is 0 Å². The molecule has 1 aliphatic rings. The van der Waals surface area contributed by atoms with E-state index in [1.165, 1.54) is 5.56 Å². The fraction of sp³-hybridized carbons (Fsp3) is 0.522. The van der Waals surface area contributed by atoms with Crippen LogP contribution in [0.15, 0.2) is 47.7 Å². The van der Waals surface area contributed by atoms with E-state index in [1.54, 1.807) is 14.2 Å². The minimum Gasteiger partial charge on any atom is -0.501 e. The zero-order chi connectivity index (χ0) is 20.6. The Morgan fingerprint density at radius 3 is 2.33 bits per heavy atom. The standard InChI is InChI=1S/C21H29NO3.C2H6/c1-15(14-24-5)17-8-11-19(12-9-17)22-13-18(10-7-16(2)25-6)21(3,4)20(22)23;1-2/h7-12,15H,13-14H2,1-6H3;1-2H3/b16-7+,18-10-;. The van der Waals surface area contributed by atoms with Crippen LogP contribution in [-0.4, -0.2) is 33.3 Å². The van der Waals surface area contributed by atoms with Gasteiger partial charge in [-0.15, -0.1) is 0 Å². The van der Waals surface area contributed by atoms with E-state index in [2.05, 4.69) is 19.1 Å². The van der Waals surface area contributed by atoms with Crippen molar-refractivity contribution in [3.05, 3.63) is 53.3 Å². The Morgan fingerprint density at radius 1 is 1.22 bits per heavy atom. The second kappa shape index (κ2) is 10.3. The Hall–Kier alpha value is -2.07. The highest BCUT2D eigenvalue weighted by Gasteiger charge is 2.43. The van der Waals surface area contributed by atoms with Gasteiger partial charge in [0.25, 0.3) is 0 Å². The number of anilines is 1. The summed E-state index contributed by atoms with van der Waals surface area (Å²) in [4.78, 5) is 14.7. The summed E-state index contributed by atoms with van der Waals surface area (Å²) in [5, 5.41) is 0. The van der Waals surface area contributed by atoms with Crippen LogP contribution in [0.2, 0.25) is 0 Å². The quantitative estimate of drug-likeness (QED) is 0.634. The molecular formula is C23H35NO3. The Balaban J connectivity index is 0.00000176. The second-order valence-electron chi connectivity index (χ2n) is 7.14. The van der Waals surface area contributed by atoms with Gasteiger partial charge in [-0.1, -0.05) is 39.0 Å². The molecule has 0 aliphatic carbocycles. The molecule has 4 nitrogen and oxygen atoms in total. The third-order valence-corrected chi connectivity index (χ3v) is 4.94. The molecule has 1 unspecified atom stereocenters. The lowest BCUT2D eigenvalue weighted by molar-refractivity contribution is -0.122. The number of hydrogen-bond acceptors (Lipinski definition) is 3. The monoisotopic (exact) mass is 373 g/mol. The van der Waals surface area contributed by atoms with Crippen LogP contribution in [0.3, 0.4) is 0 Å². The van der Waals surface area contributed by atoms with Gasteiger partial charge in [-0.05, 0) is 50.1 Å². The Morgan fingerprint density at radius 2 is 1.81 bits per heavy atom. The van der Waals surface area contributed by atoms with Crippen molar-refractivity contribution in [2.24, 2.45) is 5.41 Å². The van der Waals surface area contributed by atoms with E-state index in [1.807, 2.05) is 63.8 Å². The van der Waals surface area contributed by atoms with Gasteiger partial charge in [0.2, 0.25) is 5.91 Å². The first kappa shape index (κ1) is 23.0. The molecule has 2 rings (SSSR count). The van der Waals surface area contributed by atoms with Gasteiger partial charge in [0.05, 0.1) is 24.9 Å². The summed E-state index contributed by atoms with van der Waals surface area (Å²) in [7, 11) is 3.36. The first-order chi connectivity index (χ1) is 12.8. The molecule has 1 amide bonds. The minimum atomic E-state index is -0.507. The first-order valence-corrected chi connectivity index (χ1v) is 9.64. The molecule has 1 aliphatic heterocycles. The number of carbonyl (C=O) groups is 1. The molecule has 4 heteroatoms. The molecule has 1 aromatic carbocycles.